The summed E-state index contributed by atoms with van der Waals surface area (Å²) in [4.78, 5) is 39.0. The summed E-state index contributed by atoms with van der Waals surface area (Å²) in [5.41, 5.74) is 4.29. The third-order valence-corrected chi connectivity index (χ3v) is 16.0. The largest absolute Gasteiger partial charge is 0.480 e. The first kappa shape index (κ1) is 36.1. The molecule has 268 valence electrons. The standard InChI is InChI=1S/C43H61NO5/c1-27(2)30-17-22-43(35(45)10-9-25-44(8)26-36(46)47)24-23-41(6)32(37(30)43)15-16-34-40(5)20-18-31(28-11-13-29(14-12-28)38(48)49)39(3,4)33(40)19-21-42(34,41)7/h11-14,18,30,32-34,37H,1,9-10,15-17,19-26H2,2-8H3,(H,46,47)(H,48,49)/t30-,32+,33-,34+,37+,40-,41+,42+,43+/m0/s1. The molecule has 4 fully saturated rings. The lowest BCUT2D eigenvalue weighted by Crippen LogP contribution is -2.65. The SMILES string of the molecule is C=C(C)[C@@H]1CC[C@]2(C(=O)CCCN(C)CC(=O)O)CC[C@]3(C)[C@H](CC[C@@H]4[C@@]5(C)CC=C(c6ccc(C(=O)O)cc6)C(C)(C)[C@@H]5CC[C@]43C)[C@@H]12. The molecule has 0 spiro atoms. The minimum atomic E-state index is -0.885. The number of carboxylic acid groups (broad SMARTS) is 2. The fraction of sp³-hybridized carbons (Fsp3) is 0.698. The summed E-state index contributed by atoms with van der Waals surface area (Å²) in [5.74, 6) is 1.09. The molecule has 49 heavy (non-hydrogen) atoms. The number of allylic oxidation sites excluding steroid dienone is 3. The number of rotatable bonds is 10. The summed E-state index contributed by atoms with van der Waals surface area (Å²) in [6.07, 6.45) is 13.7. The highest BCUT2D eigenvalue weighted by Crippen LogP contribution is 2.78. The molecule has 0 radical (unpaired) electrons. The second-order valence-electron chi connectivity index (χ2n) is 18.4. The van der Waals surface area contributed by atoms with Crippen LogP contribution in [0, 0.1) is 56.7 Å². The minimum Gasteiger partial charge on any atom is -0.480 e. The van der Waals surface area contributed by atoms with Crippen molar-refractivity contribution >= 4 is 23.3 Å². The molecule has 0 heterocycles. The fourth-order valence-corrected chi connectivity index (χ4v) is 13.6. The number of carbonyl (C=O) groups is 3. The Morgan fingerprint density at radius 1 is 0.878 bits per heavy atom. The molecule has 0 amide bonds. The number of carbonyl (C=O) groups excluding carboxylic acids is 1. The zero-order valence-corrected chi connectivity index (χ0v) is 31.2. The Hall–Kier alpha value is -2.73. The number of carboxylic acids is 2. The van der Waals surface area contributed by atoms with Crippen molar-refractivity contribution in [1.82, 2.24) is 4.90 Å². The highest BCUT2D eigenvalue weighted by atomic mass is 16.4. The van der Waals surface area contributed by atoms with Crippen molar-refractivity contribution in [2.45, 2.75) is 112 Å². The molecule has 5 aliphatic carbocycles. The van der Waals surface area contributed by atoms with Gasteiger partial charge in [0.2, 0.25) is 0 Å². The van der Waals surface area contributed by atoms with Gasteiger partial charge in [-0.2, -0.15) is 0 Å². The van der Waals surface area contributed by atoms with Crippen LogP contribution in [0.2, 0.25) is 0 Å². The molecular formula is C43H61NO5. The van der Waals surface area contributed by atoms with Crippen molar-refractivity contribution in [2.75, 3.05) is 20.1 Å². The van der Waals surface area contributed by atoms with Gasteiger partial charge in [-0.3, -0.25) is 14.5 Å². The molecule has 5 aliphatic rings. The van der Waals surface area contributed by atoms with Gasteiger partial charge in [0, 0.05) is 11.8 Å². The van der Waals surface area contributed by atoms with Crippen LogP contribution in [0.5, 0.6) is 0 Å². The summed E-state index contributed by atoms with van der Waals surface area (Å²) in [7, 11) is 1.83. The van der Waals surface area contributed by atoms with Crippen molar-refractivity contribution in [3.8, 4) is 0 Å². The van der Waals surface area contributed by atoms with E-state index in [1.807, 2.05) is 24.1 Å². The fourth-order valence-electron chi connectivity index (χ4n) is 13.6. The van der Waals surface area contributed by atoms with E-state index >= 15 is 0 Å². The van der Waals surface area contributed by atoms with Crippen LogP contribution in [0.3, 0.4) is 0 Å². The van der Waals surface area contributed by atoms with Crippen LogP contribution in [-0.4, -0.2) is 53.0 Å². The van der Waals surface area contributed by atoms with Crippen molar-refractivity contribution < 1.29 is 24.6 Å². The van der Waals surface area contributed by atoms with Crippen molar-refractivity contribution in [1.29, 1.82) is 0 Å². The van der Waals surface area contributed by atoms with E-state index in [4.69, 9.17) is 0 Å². The van der Waals surface area contributed by atoms with Gasteiger partial charge in [0.15, 0.2) is 0 Å². The first-order valence-electron chi connectivity index (χ1n) is 19.1. The van der Waals surface area contributed by atoms with E-state index in [0.29, 0.717) is 60.3 Å². The summed E-state index contributed by atoms with van der Waals surface area (Å²) < 4.78 is 0. The molecule has 2 N–H and O–H groups in total. The number of ketones is 1. The van der Waals surface area contributed by atoms with E-state index in [1.54, 1.807) is 12.1 Å². The maximum Gasteiger partial charge on any atom is 0.335 e. The summed E-state index contributed by atoms with van der Waals surface area (Å²) in [6.45, 7) is 20.0. The monoisotopic (exact) mass is 671 g/mol. The number of hydrogen-bond donors (Lipinski definition) is 2. The molecule has 1 aromatic rings. The van der Waals surface area contributed by atoms with Crippen LogP contribution < -0.4 is 0 Å². The number of likely N-dealkylation sites (N-methyl/N-ethyl adjacent to an activating group) is 1. The van der Waals surface area contributed by atoms with Gasteiger partial charge >= 0.3 is 11.9 Å². The number of aliphatic carboxylic acids is 1. The number of hydrogen-bond acceptors (Lipinski definition) is 4. The van der Waals surface area contributed by atoms with E-state index in [-0.39, 0.29) is 33.6 Å². The number of fused-ring (bicyclic) bond motifs is 7. The Balaban J connectivity index is 1.29. The lowest BCUT2D eigenvalue weighted by Gasteiger charge is -2.72. The summed E-state index contributed by atoms with van der Waals surface area (Å²) in [5, 5.41) is 18.7. The smallest absolute Gasteiger partial charge is 0.335 e. The Kier molecular flexibility index (Phi) is 9.20. The van der Waals surface area contributed by atoms with Crippen molar-refractivity contribution in [2.24, 2.45) is 56.7 Å². The van der Waals surface area contributed by atoms with E-state index in [0.717, 1.165) is 37.7 Å². The minimum absolute atomic E-state index is 0.00776. The van der Waals surface area contributed by atoms with Gasteiger partial charge in [-0.05, 0) is 159 Å². The molecular weight excluding hydrogens is 610 g/mol. The second kappa shape index (κ2) is 12.5. The molecule has 6 rings (SSSR count). The van der Waals surface area contributed by atoms with Gasteiger partial charge in [0.25, 0.3) is 0 Å². The number of Topliss-reactive ketones (excluding diaryl/α,β-unsaturated/α-hetero) is 1. The number of nitrogens with zero attached hydrogens (tertiary/aromatic N) is 1. The van der Waals surface area contributed by atoms with Crippen molar-refractivity contribution in [3.05, 3.63) is 53.6 Å². The Bertz CT molecular complexity index is 1540. The third-order valence-electron chi connectivity index (χ3n) is 16.0. The average Bonchev–Trinajstić information content (AvgIpc) is 3.42. The highest BCUT2D eigenvalue weighted by molar-refractivity contribution is 5.88. The first-order chi connectivity index (χ1) is 22.9. The van der Waals surface area contributed by atoms with Crippen molar-refractivity contribution in [3.63, 3.8) is 0 Å². The molecule has 0 bridgehead atoms. The van der Waals surface area contributed by atoms with Gasteiger partial charge in [-0.1, -0.05) is 65.0 Å². The van der Waals surface area contributed by atoms with Gasteiger partial charge in [-0.15, -0.1) is 0 Å². The molecule has 1 aromatic carbocycles. The highest BCUT2D eigenvalue weighted by Gasteiger charge is 2.71. The molecule has 0 aliphatic heterocycles. The lowest BCUT2D eigenvalue weighted by atomic mass is 9.32. The normalized spacial score (nSPS) is 39.2. The number of benzene rings is 1. The van der Waals surface area contributed by atoms with E-state index in [2.05, 4.69) is 54.2 Å². The Morgan fingerprint density at radius 2 is 1.57 bits per heavy atom. The topological polar surface area (TPSA) is 94.9 Å². The van der Waals surface area contributed by atoms with Crippen LogP contribution in [0.1, 0.15) is 128 Å². The van der Waals surface area contributed by atoms with Gasteiger partial charge < -0.3 is 10.2 Å². The Labute approximate surface area is 294 Å². The molecule has 9 atom stereocenters. The van der Waals surface area contributed by atoms with Gasteiger partial charge in [-0.25, -0.2) is 4.79 Å². The lowest BCUT2D eigenvalue weighted by molar-refractivity contribution is -0.224. The van der Waals surface area contributed by atoms with Gasteiger partial charge in [0.05, 0.1) is 12.1 Å². The maximum absolute atomic E-state index is 14.4. The van der Waals surface area contributed by atoms with Crippen LogP contribution >= 0.6 is 0 Å². The second-order valence-corrected chi connectivity index (χ2v) is 18.4. The Morgan fingerprint density at radius 3 is 2.20 bits per heavy atom. The van der Waals surface area contributed by atoms with E-state index in [1.165, 1.54) is 36.8 Å². The summed E-state index contributed by atoms with van der Waals surface area (Å²) in [6, 6.07) is 7.50. The molecule has 0 unspecified atom stereocenters. The zero-order valence-electron chi connectivity index (χ0n) is 31.2. The van der Waals surface area contributed by atoms with Crippen LogP contribution in [-0.2, 0) is 9.59 Å². The summed E-state index contributed by atoms with van der Waals surface area (Å²) >= 11 is 0. The predicted molar refractivity (Wildman–Crippen MR) is 195 cm³/mol. The van der Waals surface area contributed by atoms with Gasteiger partial charge in [0.1, 0.15) is 5.78 Å². The van der Waals surface area contributed by atoms with E-state index in [9.17, 15) is 24.6 Å². The molecule has 6 nitrogen and oxygen atoms in total. The third kappa shape index (κ3) is 5.49. The molecule has 0 saturated heterocycles. The molecule has 4 saturated carbocycles. The maximum atomic E-state index is 14.4. The quantitative estimate of drug-likeness (QED) is 0.241. The first-order valence-corrected chi connectivity index (χ1v) is 19.1. The predicted octanol–water partition coefficient (Wildman–Crippen LogP) is 9.40. The average molecular weight is 672 g/mol. The number of aromatic carboxylic acids is 1. The molecule has 6 heteroatoms. The van der Waals surface area contributed by atoms with E-state index < -0.39 is 11.9 Å². The molecule has 0 aromatic heterocycles. The van der Waals surface area contributed by atoms with Crippen LogP contribution in [0.4, 0.5) is 0 Å². The zero-order chi connectivity index (χ0) is 35.7. The van der Waals surface area contributed by atoms with Crippen LogP contribution in [0.25, 0.3) is 5.57 Å². The van der Waals surface area contributed by atoms with Crippen LogP contribution in [0.15, 0.2) is 42.5 Å².